The van der Waals surface area contributed by atoms with Gasteiger partial charge in [-0.1, -0.05) is 15.9 Å². The maximum atomic E-state index is 11.5. The van der Waals surface area contributed by atoms with Crippen LogP contribution in [0.15, 0.2) is 0 Å². The van der Waals surface area contributed by atoms with E-state index in [-0.39, 0.29) is 11.0 Å². The molecule has 3 nitrogen and oxygen atoms in total. The highest BCUT2D eigenvalue weighted by Gasteiger charge is 2.25. The van der Waals surface area contributed by atoms with Crippen molar-refractivity contribution < 1.29 is 8.42 Å². The standard InChI is InChI=1S/C7H14BrNO2S/c8-3-6-12(10,11)7-1-4-9-5-2-7/h7,9H,1-6H2. The first-order valence-electron chi connectivity index (χ1n) is 4.15. The summed E-state index contributed by atoms with van der Waals surface area (Å²) >= 11 is 3.16. The van der Waals surface area contributed by atoms with E-state index >= 15 is 0 Å². The smallest absolute Gasteiger partial charge is 0.154 e. The van der Waals surface area contributed by atoms with E-state index in [9.17, 15) is 8.42 Å². The molecule has 1 aliphatic rings. The van der Waals surface area contributed by atoms with Gasteiger partial charge < -0.3 is 5.32 Å². The van der Waals surface area contributed by atoms with Crippen LogP contribution < -0.4 is 5.32 Å². The molecule has 12 heavy (non-hydrogen) atoms. The molecule has 1 fully saturated rings. The van der Waals surface area contributed by atoms with E-state index < -0.39 is 9.84 Å². The number of sulfone groups is 1. The average Bonchev–Trinajstić information content (AvgIpc) is 2.06. The Bertz CT molecular complexity index is 222. The first kappa shape index (κ1) is 10.5. The first-order valence-corrected chi connectivity index (χ1v) is 6.99. The number of piperidine rings is 1. The lowest BCUT2D eigenvalue weighted by atomic mass is 10.2. The fourth-order valence-electron chi connectivity index (χ4n) is 1.43. The summed E-state index contributed by atoms with van der Waals surface area (Å²) in [7, 11) is -2.82. The van der Waals surface area contributed by atoms with Crippen molar-refractivity contribution in [3.05, 3.63) is 0 Å². The zero-order valence-corrected chi connectivity index (χ0v) is 9.33. The maximum absolute atomic E-state index is 11.5. The molecule has 0 saturated carbocycles. The number of halogens is 1. The molecule has 0 aromatic heterocycles. The second kappa shape index (κ2) is 4.58. The van der Waals surface area contributed by atoms with E-state index in [1.165, 1.54) is 0 Å². The van der Waals surface area contributed by atoms with Gasteiger partial charge in [0.25, 0.3) is 0 Å². The number of alkyl halides is 1. The van der Waals surface area contributed by atoms with Crippen LogP contribution >= 0.6 is 15.9 Å². The minimum Gasteiger partial charge on any atom is -0.317 e. The molecule has 0 aliphatic carbocycles. The second-order valence-electron chi connectivity index (χ2n) is 3.01. The monoisotopic (exact) mass is 255 g/mol. The lowest BCUT2D eigenvalue weighted by molar-refractivity contribution is 0.497. The Hall–Kier alpha value is 0.390. The Morgan fingerprint density at radius 3 is 2.42 bits per heavy atom. The minimum absolute atomic E-state index is 0.101. The molecular formula is C7H14BrNO2S. The molecule has 0 amide bonds. The average molecular weight is 256 g/mol. The van der Waals surface area contributed by atoms with Crippen molar-refractivity contribution >= 4 is 25.8 Å². The number of hydrogen-bond donors (Lipinski definition) is 1. The van der Waals surface area contributed by atoms with Crippen LogP contribution in [-0.4, -0.2) is 37.8 Å². The fourth-order valence-corrected chi connectivity index (χ4v) is 4.28. The Morgan fingerprint density at radius 2 is 1.92 bits per heavy atom. The molecule has 0 spiro atoms. The lowest BCUT2D eigenvalue weighted by Crippen LogP contribution is -2.37. The summed E-state index contributed by atoms with van der Waals surface area (Å²) < 4.78 is 23.1. The Morgan fingerprint density at radius 1 is 1.33 bits per heavy atom. The highest BCUT2D eigenvalue weighted by Crippen LogP contribution is 2.14. The maximum Gasteiger partial charge on any atom is 0.154 e. The van der Waals surface area contributed by atoms with Gasteiger partial charge >= 0.3 is 0 Å². The van der Waals surface area contributed by atoms with Crippen molar-refractivity contribution in [3.63, 3.8) is 0 Å². The molecule has 0 atom stereocenters. The van der Waals surface area contributed by atoms with Crippen molar-refractivity contribution in [2.75, 3.05) is 24.2 Å². The van der Waals surface area contributed by atoms with Gasteiger partial charge in [-0.2, -0.15) is 0 Å². The van der Waals surface area contributed by atoms with Crippen LogP contribution in [0.2, 0.25) is 0 Å². The van der Waals surface area contributed by atoms with Gasteiger partial charge in [0, 0.05) is 5.33 Å². The summed E-state index contributed by atoms with van der Waals surface area (Å²) in [4.78, 5) is 0. The van der Waals surface area contributed by atoms with Gasteiger partial charge in [-0.25, -0.2) is 8.42 Å². The molecule has 0 aromatic carbocycles. The van der Waals surface area contributed by atoms with Crippen LogP contribution in [-0.2, 0) is 9.84 Å². The Kier molecular flexibility index (Phi) is 3.99. The van der Waals surface area contributed by atoms with E-state index in [4.69, 9.17) is 0 Å². The van der Waals surface area contributed by atoms with Gasteiger partial charge in [0.05, 0.1) is 11.0 Å². The first-order chi connectivity index (χ1) is 5.67. The number of nitrogens with one attached hydrogen (secondary N) is 1. The summed E-state index contributed by atoms with van der Waals surface area (Å²) in [6.45, 7) is 1.68. The van der Waals surface area contributed by atoms with Crippen LogP contribution in [0.5, 0.6) is 0 Å². The predicted octanol–water partition coefficient (Wildman–Crippen LogP) is 0.548. The Labute approximate surface area is 82.0 Å². The SMILES string of the molecule is O=S(=O)(CCBr)C1CCNCC1. The van der Waals surface area contributed by atoms with E-state index in [0.717, 1.165) is 25.9 Å². The van der Waals surface area contributed by atoms with Crippen molar-refractivity contribution in [1.82, 2.24) is 5.32 Å². The van der Waals surface area contributed by atoms with Gasteiger partial charge in [-0.15, -0.1) is 0 Å². The molecule has 0 bridgehead atoms. The summed E-state index contributed by atoms with van der Waals surface area (Å²) in [5, 5.41) is 3.61. The van der Waals surface area contributed by atoms with Crippen LogP contribution in [0.3, 0.4) is 0 Å². The zero-order valence-electron chi connectivity index (χ0n) is 6.92. The van der Waals surface area contributed by atoms with Crippen LogP contribution in [0.25, 0.3) is 0 Å². The highest BCUT2D eigenvalue weighted by atomic mass is 79.9. The van der Waals surface area contributed by atoms with Gasteiger partial charge in [0.15, 0.2) is 9.84 Å². The number of rotatable bonds is 3. The molecule has 72 valence electrons. The van der Waals surface area contributed by atoms with Gasteiger partial charge in [-0.05, 0) is 25.9 Å². The normalized spacial score (nSPS) is 21.1. The van der Waals surface area contributed by atoms with Crippen molar-refractivity contribution in [3.8, 4) is 0 Å². The van der Waals surface area contributed by atoms with Gasteiger partial charge in [-0.3, -0.25) is 0 Å². The molecule has 0 radical (unpaired) electrons. The van der Waals surface area contributed by atoms with Crippen LogP contribution in [0.4, 0.5) is 0 Å². The molecule has 1 heterocycles. The van der Waals surface area contributed by atoms with Crippen LogP contribution in [0, 0.1) is 0 Å². The third kappa shape index (κ3) is 2.71. The molecule has 1 N–H and O–H groups in total. The second-order valence-corrected chi connectivity index (χ2v) is 6.20. The van der Waals surface area contributed by atoms with E-state index in [0.29, 0.717) is 5.33 Å². The van der Waals surface area contributed by atoms with E-state index in [1.807, 2.05) is 0 Å². The quantitative estimate of drug-likeness (QED) is 0.750. The summed E-state index contributed by atoms with van der Waals surface area (Å²) in [6.07, 6.45) is 1.55. The predicted molar refractivity (Wildman–Crippen MR) is 53.5 cm³/mol. The minimum atomic E-state index is -2.82. The summed E-state index contributed by atoms with van der Waals surface area (Å²) in [5.74, 6) is 0.275. The largest absolute Gasteiger partial charge is 0.317 e. The van der Waals surface area contributed by atoms with E-state index in [2.05, 4.69) is 21.2 Å². The molecular weight excluding hydrogens is 242 g/mol. The Balaban J connectivity index is 2.54. The lowest BCUT2D eigenvalue weighted by Gasteiger charge is -2.22. The zero-order chi connectivity index (χ0) is 9.03. The molecule has 1 rings (SSSR count). The molecule has 1 aliphatic heterocycles. The van der Waals surface area contributed by atoms with Crippen molar-refractivity contribution in [1.29, 1.82) is 0 Å². The summed E-state index contributed by atoms with van der Waals surface area (Å²) in [5.41, 5.74) is 0. The summed E-state index contributed by atoms with van der Waals surface area (Å²) in [6, 6.07) is 0. The van der Waals surface area contributed by atoms with Gasteiger partial charge in [0.2, 0.25) is 0 Å². The third-order valence-corrected chi connectivity index (χ3v) is 5.34. The number of hydrogen-bond acceptors (Lipinski definition) is 3. The van der Waals surface area contributed by atoms with Crippen LogP contribution in [0.1, 0.15) is 12.8 Å². The highest BCUT2D eigenvalue weighted by molar-refractivity contribution is 9.09. The molecule has 5 heteroatoms. The van der Waals surface area contributed by atoms with Gasteiger partial charge in [0.1, 0.15) is 0 Å². The van der Waals surface area contributed by atoms with Crippen molar-refractivity contribution in [2.24, 2.45) is 0 Å². The fraction of sp³-hybridized carbons (Fsp3) is 1.00. The van der Waals surface area contributed by atoms with Crippen molar-refractivity contribution in [2.45, 2.75) is 18.1 Å². The topological polar surface area (TPSA) is 46.2 Å². The third-order valence-electron chi connectivity index (χ3n) is 2.16. The van der Waals surface area contributed by atoms with E-state index in [1.54, 1.807) is 0 Å². The molecule has 0 unspecified atom stereocenters. The molecule has 0 aromatic rings. The molecule has 1 saturated heterocycles.